The Morgan fingerprint density at radius 3 is 2.71 bits per heavy atom. The third kappa shape index (κ3) is 2.44. The lowest BCUT2D eigenvalue weighted by molar-refractivity contribution is 0.354. The fourth-order valence-electron chi connectivity index (χ4n) is 2.21. The van der Waals surface area contributed by atoms with E-state index in [1.165, 1.54) is 32.1 Å². The Kier molecular flexibility index (Phi) is 2.96. The summed E-state index contributed by atoms with van der Waals surface area (Å²) in [6.07, 6.45) is 9.51. The molecule has 0 radical (unpaired) electrons. The zero-order chi connectivity index (χ0) is 9.80. The maximum atomic E-state index is 5.61. The van der Waals surface area contributed by atoms with Crippen molar-refractivity contribution in [2.45, 2.75) is 38.5 Å². The number of nitrogens with zero attached hydrogens (tertiary/aromatic N) is 2. The maximum absolute atomic E-state index is 5.61. The van der Waals surface area contributed by atoms with Crippen LogP contribution in [0, 0.1) is 5.92 Å². The molecule has 3 nitrogen and oxygen atoms in total. The lowest BCUT2D eigenvalue weighted by atomic mass is 9.86. The third-order valence-electron chi connectivity index (χ3n) is 2.97. The van der Waals surface area contributed by atoms with Crippen molar-refractivity contribution in [2.75, 3.05) is 5.73 Å². The molecule has 2 N–H and O–H groups in total. The van der Waals surface area contributed by atoms with Crippen molar-refractivity contribution in [3.63, 3.8) is 0 Å². The summed E-state index contributed by atoms with van der Waals surface area (Å²) in [6, 6.07) is 1.90. The summed E-state index contributed by atoms with van der Waals surface area (Å²) in [6.45, 7) is 0. The highest BCUT2D eigenvalue weighted by atomic mass is 14.9. The third-order valence-corrected chi connectivity index (χ3v) is 2.97. The SMILES string of the molecule is Nc1cc(CC2CCCCC2)ncn1. The number of nitrogen functional groups attached to an aromatic ring is 1. The van der Waals surface area contributed by atoms with Gasteiger partial charge >= 0.3 is 0 Å². The molecule has 1 aromatic heterocycles. The first kappa shape index (κ1) is 9.44. The van der Waals surface area contributed by atoms with Crippen LogP contribution in [-0.4, -0.2) is 9.97 Å². The predicted molar refractivity (Wildman–Crippen MR) is 56.7 cm³/mol. The van der Waals surface area contributed by atoms with Crippen LogP contribution in [0.2, 0.25) is 0 Å². The molecule has 2 rings (SSSR count). The quantitative estimate of drug-likeness (QED) is 0.779. The molecule has 1 heterocycles. The van der Waals surface area contributed by atoms with Crippen molar-refractivity contribution >= 4 is 5.82 Å². The minimum absolute atomic E-state index is 0.589. The second-order valence-electron chi connectivity index (χ2n) is 4.14. The molecule has 0 saturated heterocycles. The molecule has 3 heteroatoms. The average Bonchev–Trinajstić information content (AvgIpc) is 2.19. The molecule has 1 fully saturated rings. The van der Waals surface area contributed by atoms with Gasteiger partial charge in [0, 0.05) is 11.8 Å². The molecule has 0 bridgehead atoms. The Morgan fingerprint density at radius 2 is 2.00 bits per heavy atom. The van der Waals surface area contributed by atoms with Gasteiger partial charge in [0.1, 0.15) is 12.1 Å². The molecule has 0 aromatic carbocycles. The van der Waals surface area contributed by atoms with Crippen LogP contribution in [0.4, 0.5) is 5.82 Å². The molecule has 76 valence electrons. The molecule has 0 unspecified atom stereocenters. The molecule has 1 aliphatic carbocycles. The largest absolute Gasteiger partial charge is 0.384 e. The van der Waals surface area contributed by atoms with E-state index < -0.39 is 0 Å². The topological polar surface area (TPSA) is 51.8 Å². The van der Waals surface area contributed by atoms with Crippen LogP contribution in [0.25, 0.3) is 0 Å². The summed E-state index contributed by atoms with van der Waals surface area (Å²) in [5.41, 5.74) is 6.71. The van der Waals surface area contributed by atoms with Crippen LogP contribution >= 0.6 is 0 Å². The summed E-state index contributed by atoms with van der Waals surface area (Å²) in [7, 11) is 0. The standard InChI is InChI=1S/C11H17N3/c12-11-7-10(13-8-14-11)6-9-4-2-1-3-5-9/h7-9H,1-6H2,(H2,12,13,14). The maximum Gasteiger partial charge on any atom is 0.126 e. The fourth-order valence-corrected chi connectivity index (χ4v) is 2.21. The van der Waals surface area contributed by atoms with Gasteiger partial charge in [-0.05, 0) is 12.3 Å². The number of rotatable bonds is 2. The lowest BCUT2D eigenvalue weighted by Crippen LogP contribution is -2.10. The van der Waals surface area contributed by atoms with E-state index in [0.717, 1.165) is 18.0 Å². The minimum Gasteiger partial charge on any atom is -0.384 e. The van der Waals surface area contributed by atoms with Crippen molar-refractivity contribution in [1.29, 1.82) is 0 Å². The van der Waals surface area contributed by atoms with Gasteiger partial charge in [-0.3, -0.25) is 0 Å². The van der Waals surface area contributed by atoms with Crippen LogP contribution in [0.1, 0.15) is 37.8 Å². The molecule has 14 heavy (non-hydrogen) atoms. The number of hydrogen-bond acceptors (Lipinski definition) is 3. The Balaban J connectivity index is 1.95. The van der Waals surface area contributed by atoms with Gasteiger partial charge in [0.25, 0.3) is 0 Å². The van der Waals surface area contributed by atoms with Gasteiger partial charge in [-0.1, -0.05) is 32.1 Å². The first-order valence-corrected chi connectivity index (χ1v) is 5.41. The Labute approximate surface area is 84.8 Å². The molecular weight excluding hydrogens is 174 g/mol. The van der Waals surface area contributed by atoms with Gasteiger partial charge < -0.3 is 5.73 Å². The van der Waals surface area contributed by atoms with Crippen LogP contribution < -0.4 is 5.73 Å². The van der Waals surface area contributed by atoms with E-state index in [1.807, 2.05) is 6.07 Å². The van der Waals surface area contributed by atoms with E-state index in [9.17, 15) is 0 Å². The highest BCUT2D eigenvalue weighted by molar-refractivity contribution is 5.27. The van der Waals surface area contributed by atoms with Crippen LogP contribution in [-0.2, 0) is 6.42 Å². The van der Waals surface area contributed by atoms with Gasteiger partial charge in [0.2, 0.25) is 0 Å². The molecule has 0 aliphatic heterocycles. The van der Waals surface area contributed by atoms with Gasteiger partial charge in [-0.2, -0.15) is 0 Å². The average molecular weight is 191 g/mol. The van der Waals surface area contributed by atoms with Gasteiger partial charge in [-0.25, -0.2) is 9.97 Å². The summed E-state index contributed by atoms with van der Waals surface area (Å²) in [5.74, 6) is 1.41. The van der Waals surface area contributed by atoms with E-state index in [1.54, 1.807) is 6.33 Å². The van der Waals surface area contributed by atoms with Crippen molar-refractivity contribution in [3.05, 3.63) is 18.1 Å². The summed E-state index contributed by atoms with van der Waals surface area (Å²) in [4.78, 5) is 8.14. The van der Waals surface area contributed by atoms with Gasteiger partial charge in [0.15, 0.2) is 0 Å². The highest BCUT2D eigenvalue weighted by Gasteiger charge is 2.14. The van der Waals surface area contributed by atoms with Crippen LogP contribution in [0.5, 0.6) is 0 Å². The predicted octanol–water partition coefficient (Wildman–Crippen LogP) is 2.18. The normalized spacial score (nSPS) is 18.3. The number of anilines is 1. The van der Waals surface area contributed by atoms with E-state index in [2.05, 4.69) is 9.97 Å². The summed E-state index contributed by atoms with van der Waals surface area (Å²) < 4.78 is 0. The monoisotopic (exact) mass is 191 g/mol. The van der Waals surface area contributed by atoms with Crippen LogP contribution in [0.3, 0.4) is 0 Å². The first-order valence-electron chi connectivity index (χ1n) is 5.41. The van der Waals surface area contributed by atoms with Crippen molar-refractivity contribution in [2.24, 2.45) is 5.92 Å². The molecule has 0 spiro atoms. The van der Waals surface area contributed by atoms with E-state index >= 15 is 0 Å². The molecule has 1 saturated carbocycles. The summed E-state index contributed by atoms with van der Waals surface area (Å²) >= 11 is 0. The second kappa shape index (κ2) is 4.40. The minimum atomic E-state index is 0.589. The zero-order valence-corrected chi connectivity index (χ0v) is 8.45. The second-order valence-corrected chi connectivity index (χ2v) is 4.14. The van der Waals surface area contributed by atoms with Crippen LogP contribution in [0.15, 0.2) is 12.4 Å². The molecule has 1 aliphatic rings. The Morgan fingerprint density at radius 1 is 1.21 bits per heavy atom. The molecule has 0 amide bonds. The van der Waals surface area contributed by atoms with Crippen molar-refractivity contribution < 1.29 is 0 Å². The van der Waals surface area contributed by atoms with Crippen molar-refractivity contribution in [1.82, 2.24) is 9.97 Å². The smallest absolute Gasteiger partial charge is 0.126 e. The fraction of sp³-hybridized carbons (Fsp3) is 0.636. The van der Waals surface area contributed by atoms with Crippen molar-refractivity contribution in [3.8, 4) is 0 Å². The van der Waals surface area contributed by atoms with E-state index in [-0.39, 0.29) is 0 Å². The lowest BCUT2D eigenvalue weighted by Gasteiger charge is -2.20. The molecule has 1 aromatic rings. The van der Waals surface area contributed by atoms with E-state index in [4.69, 9.17) is 5.73 Å². The number of aromatic nitrogens is 2. The number of hydrogen-bond donors (Lipinski definition) is 1. The van der Waals surface area contributed by atoms with E-state index in [0.29, 0.717) is 5.82 Å². The first-order chi connectivity index (χ1) is 6.84. The Hall–Kier alpha value is -1.12. The van der Waals surface area contributed by atoms with Gasteiger partial charge in [-0.15, -0.1) is 0 Å². The summed E-state index contributed by atoms with van der Waals surface area (Å²) in [5, 5.41) is 0. The molecular formula is C11H17N3. The highest BCUT2D eigenvalue weighted by Crippen LogP contribution is 2.26. The Bertz CT molecular complexity index is 292. The number of nitrogens with two attached hydrogens (primary N) is 1. The van der Waals surface area contributed by atoms with Gasteiger partial charge in [0.05, 0.1) is 0 Å². The zero-order valence-electron chi connectivity index (χ0n) is 8.45. The molecule has 0 atom stereocenters.